The molecule has 0 amide bonds. The normalized spacial score (nSPS) is 10.3. The Bertz CT molecular complexity index is 590. The van der Waals surface area contributed by atoms with Crippen molar-refractivity contribution in [1.29, 1.82) is 0 Å². The minimum Gasteiger partial charge on any atom is -0.506 e. The molecule has 2 aromatic carbocycles. The molecule has 2 N–H and O–H groups in total. The molecule has 0 bridgehead atoms. The van der Waals surface area contributed by atoms with Gasteiger partial charge in [0.2, 0.25) is 0 Å². The maximum atomic E-state index is 13.0. The van der Waals surface area contributed by atoms with Crippen molar-refractivity contribution in [2.24, 2.45) is 0 Å². The summed E-state index contributed by atoms with van der Waals surface area (Å²) in [7, 11) is 1.48. The van der Waals surface area contributed by atoms with Crippen molar-refractivity contribution in [1.82, 2.24) is 0 Å². The summed E-state index contributed by atoms with van der Waals surface area (Å²) >= 11 is 5.82. The van der Waals surface area contributed by atoms with Gasteiger partial charge in [0.15, 0.2) is 0 Å². The highest BCUT2D eigenvalue weighted by Crippen LogP contribution is 2.27. The molecule has 0 saturated carbocycles. The molecular formula is C14H13ClFNO2. The Hall–Kier alpha value is -1.94. The number of anilines is 1. The second kappa shape index (κ2) is 5.80. The highest BCUT2D eigenvalue weighted by Gasteiger charge is 2.05. The lowest BCUT2D eigenvalue weighted by atomic mass is 10.2. The summed E-state index contributed by atoms with van der Waals surface area (Å²) in [5.74, 6) is 0.129. The summed E-state index contributed by atoms with van der Waals surface area (Å²) in [5.41, 5.74) is 1.59. The Morgan fingerprint density at radius 3 is 2.74 bits per heavy atom. The van der Waals surface area contributed by atoms with Crippen LogP contribution in [0.15, 0.2) is 36.4 Å². The van der Waals surface area contributed by atoms with Crippen LogP contribution in [-0.4, -0.2) is 12.2 Å². The van der Waals surface area contributed by atoms with Crippen LogP contribution in [0.4, 0.5) is 10.1 Å². The predicted octanol–water partition coefficient (Wildman–Crippen LogP) is 3.81. The molecule has 0 spiro atoms. The zero-order valence-corrected chi connectivity index (χ0v) is 11.0. The van der Waals surface area contributed by atoms with Crippen LogP contribution in [0.25, 0.3) is 0 Å². The predicted molar refractivity (Wildman–Crippen MR) is 73.4 cm³/mol. The van der Waals surface area contributed by atoms with Gasteiger partial charge in [-0.3, -0.25) is 0 Å². The van der Waals surface area contributed by atoms with Gasteiger partial charge in [-0.2, -0.15) is 0 Å². The second-order valence-electron chi connectivity index (χ2n) is 3.98. The molecule has 0 aliphatic carbocycles. The summed E-state index contributed by atoms with van der Waals surface area (Å²) in [6, 6.07) is 9.22. The molecular weight excluding hydrogens is 269 g/mol. The monoisotopic (exact) mass is 281 g/mol. The number of rotatable bonds is 4. The first-order valence-electron chi connectivity index (χ1n) is 5.65. The first-order chi connectivity index (χ1) is 9.10. The lowest BCUT2D eigenvalue weighted by molar-refractivity contribution is 0.413. The lowest BCUT2D eigenvalue weighted by Gasteiger charge is -2.11. The molecule has 5 heteroatoms. The SMILES string of the molecule is COc1cc(F)ccc1NCc1ccc(O)c(Cl)c1. The van der Waals surface area contributed by atoms with E-state index in [0.717, 1.165) is 5.56 Å². The van der Waals surface area contributed by atoms with Crippen molar-refractivity contribution >= 4 is 17.3 Å². The average Bonchev–Trinajstić information content (AvgIpc) is 2.41. The third kappa shape index (κ3) is 3.29. The van der Waals surface area contributed by atoms with Gasteiger partial charge in [0, 0.05) is 12.6 Å². The van der Waals surface area contributed by atoms with E-state index in [9.17, 15) is 9.50 Å². The maximum Gasteiger partial charge on any atom is 0.144 e. The van der Waals surface area contributed by atoms with Gasteiger partial charge in [-0.05, 0) is 29.8 Å². The Morgan fingerprint density at radius 2 is 2.05 bits per heavy atom. The minimum atomic E-state index is -0.352. The van der Waals surface area contributed by atoms with Crippen molar-refractivity contribution in [2.45, 2.75) is 6.54 Å². The average molecular weight is 282 g/mol. The van der Waals surface area contributed by atoms with Crippen molar-refractivity contribution in [3.8, 4) is 11.5 Å². The summed E-state index contributed by atoms with van der Waals surface area (Å²) < 4.78 is 18.1. The Labute approximate surface area is 115 Å². The molecule has 0 heterocycles. The van der Waals surface area contributed by atoms with Gasteiger partial charge in [0.25, 0.3) is 0 Å². The van der Waals surface area contributed by atoms with Crippen molar-refractivity contribution in [3.63, 3.8) is 0 Å². The first-order valence-corrected chi connectivity index (χ1v) is 6.03. The first kappa shape index (κ1) is 13.5. The smallest absolute Gasteiger partial charge is 0.144 e. The van der Waals surface area contributed by atoms with E-state index >= 15 is 0 Å². The number of phenols is 1. The molecule has 0 aromatic heterocycles. The number of aromatic hydroxyl groups is 1. The number of halogens is 2. The van der Waals surface area contributed by atoms with Gasteiger partial charge in [-0.15, -0.1) is 0 Å². The van der Waals surface area contributed by atoms with Gasteiger partial charge in [0.1, 0.15) is 17.3 Å². The van der Waals surface area contributed by atoms with Gasteiger partial charge in [-0.1, -0.05) is 17.7 Å². The van der Waals surface area contributed by atoms with E-state index in [1.54, 1.807) is 18.2 Å². The topological polar surface area (TPSA) is 41.5 Å². The Morgan fingerprint density at radius 1 is 1.26 bits per heavy atom. The van der Waals surface area contributed by atoms with Crippen LogP contribution in [-0.2, 0) is 6.54 Å². The number of ether oxygens (including phenoxy) is 1. The summed E-state index contributed by atoms with van der Waals surface area (Å²) in [4.78, 5) is 0. The molecule has 0 fully saturated rings. The molecule has 0 aliphatic rings. The van der Waals surface area contributed by atoms with Crippen molar-refractivity contribution in [2.75, 3.05) is 12.4 Å². The van der Waals surface area contributed by atoms with Crippen molar-refractivity contribution in [3.05, 3.63) is 52.8 Å². The van der Waals surface area contributed by atoms with E-state index in [2.05, 4.69) is 5.32 Å². The van der Waals surface area contributed by atoms with Crippen LogP contribution in [0, 0.1) is 5.82 Å². The van der Waals surface area contributed by atoms with E-state index in [1.165, 1.54) is 25.3 Å². The maximum absolute atomic E-state index is 13.0. The molecule has 2 rings (SSSR count). The number of methoxy groups -OCH3 is 1. The molecule has 19 heavy (non-hydrogen) atoms. The quantitative estimate of drug-likeness (QED) is 0.895. The number of hydrogen-bond acceptors (Lipinski definition) is 3. The lowest BCUT2D eigenvalue weighted by Crippen LogP contribution is -2.01. The summed E-state index contributed by atoms with van der Waals surface area (Å²) in [6.45, 7) is 0.488. The van der Waals surface area contributed by atoms with E-state index in [1.807, 2.05) is 0 Å². The highest BCUT2D eigenvalue weighted by molar-refractivity contribution is 6.32. The zero-order valence-electron chi connectivity index (χ0n) is 10.3. The van der Waals surface area contributed by atoms with Gasteiger partial charge in [-0.25, -0.2) is 4.39 Å². The van der Waals surface area contributed by atoms with E-state index in [0.29, 0.717) is 23.0 Å². The fraction of sp³-hybridized carbons (Fsp3) is 0.143. The highest BCUT2D eigenvalue weighted by atomic mass is 35.5. The van der Waals surface area contributed by atoms with Gasteiger partial charge >= 0.3 is 0 Å². The summed E-state index contributed by atoms with van der Waals surface area (Å²) in [6.07, 6.45) is 0. The fourth-order valence-corrected chi connectivity index (χ4v) is 1.87. The van der Waals surface area contributed by atoms with Crippen molar-refractivity contribution < 1.29 is 14.2 Å². The Balaban J connectivity index is 2.12. The molecule has 0 atom stereocenters. The van der Waals surface area contributed by atoms with E-state index in [4.69, 9.17) is 16.3 Å². The molecule has 0 aliphatic heterocycles. The van der Waals surface area contributed by atoms with Crippen LogP contribution in [0.1, 0.15) is 5.56 Å². The largest absolute Gasteiger partial charge is 0.506 e. The van der Waals surface area contributed by atoms with Crippen LogP contribution >= 0.6 is 11.6 Å². The van der Waals surface area contributed by atoms with Crippen LogP contribution in [0.2, 0.25) is 5.02 Å². The minimum absolute atomic E-state index is 0.0461. The van der Waals surface area contributed by atoms with Crippen LogP contribution in [0.3, 0.4) is 0 Å². The van der Waals surface area contributed by atoms with E-state index in [-0.39, 0.29) is 11.6 Å². The molecule has 0 saturated heterocycles. The number of phenolic OH excluding ortho intramolecular Hbond substituents is 1. The third-order valence-corrected chi connectivity index (χ3v) is 2.96. The molecule has 0 radical (unpaired) electrons. The Kier molecular flexibility index (Phi) is 4.12. The van der Waals surface area contributed by atoms with Gasteiger partial charge in [0.05, 0.1) is 17.8 Å². The van der Waals surface area contributed by atoms with Gasteiger partial charge < -0.3 is 15.2 Å². The number of benzene rings is 2. The van der Waals surface area contributed by atoms with E-state index < -0.39 is 0 Å². The summed E-state index contributed by atoms with van der Waals surface area (Å²) in [5, 5.41) is 12.7. The number of hydrogen-bond donors (Lipinski definition) is 2. The molecule has 2 aromatic rings. The molecule has 3 nitrogen and oxygen atoms in total. The second-order valence-corrected chi connectivity index (χ2v) is 4.39. The molecule has 0 unspecified atom stereocenters. The fourth-order valence-electron chi connectivity index (χ4n) is 1.67. The zero-order chi connectivity index (χ0) is 13.8. The third-order valence-electron chi connectivity index (χ3n) is 2.66. The molecule has 100 valence electrons. The standard InChI is InChI=1S/C14H13ClFNO2/c1-19-14-7-10(16)3-4-12(14)17-8-9-2-5-13(18)11(15)6-9/h2-7,17-18H,8H2,1H3. The van der Waals surface area contributed by atoms with Crippen LogP contribution < -0.4 is 10.1 Å². The number of nitrogens with one attached hydrogen (secondary N) is 1. The van der Waals surface area contributed by atoms with Crippen LogP contribution in [0.5, 0.6) is 11.5 Å².